The molecule has 1 aliphatic rings. The fourth-order valence-electron chi connectivity index (χ4n) is 1.96. The molecule has 1 heterocycles. The largest absolute Gasteiger partial charge is 0.338 e. The normalized spacial score (nSPS) is 24.0. The lowest BCUT2D eigenvalue weighted by atomic mass is 10.2. The van der Waals surface area contributed by atoms with Crippen molar-refractivity contribution in [2.75, 3.05) is 26.2 Å². The predicted molar refractivity (Wildman–Crippen MR) is 54.0 cm³/mol. The molecule has 0 aromatic carbocycles. The third kappa shape index (κ3) is 2.54. The van der Waals surface area contributed by atoms with Crippen LogP contribution in [0.25, 0.3) is 0 Å². The molecule has 1 saturated heterocycles. The minimum absolute atomic E-state index is 0.178. The van der Waals surface area contributed by atoms with Gasteiger partial charge in [-0.15, -0.1) is 0 Å². The van der Waals surface area contributed by atoms with Crippen molar-refractivity contribution in [2.45, 2.75) is 26.3 Å². The molecule has 1 aliphatic heterocycles. The van der Waals surface area contributed by atoms with Crippen LogP contribution in [-0.2, 0) is 9.59 Å². The van der Waals surface area contributed by atoms with Gasteiger partial charge >= 0.3 is 0 Å². The SMILES string of the molecule is CCN1C(=O)CN(CCC=O)CC1C. The summed E-state index contributed by atoms with van der Waals surface area (Å²) in [5, 5.41) is 0. The van der Waals surface area contributed by atoms with Crippen molar-refractivity contribution in [1.29, 1.82) is 0 Å². The van der Waals surface area contributed by atoms with E-state index in [1.54, 1.807) is 0 Å². The Morgan fingerprint density at radius 3 is 2.79 bits per heavy atom. The molecule has 0 radical (unpaired) electrons. The molecule has 0 aliphatic carbocycles. The number of nitrogens with zero attached hydrogens (tertiary/aromatic N) is 2. The molecule has 1 rings (SSSR count). The Labute approximate surface area is 84.9 Å². The van der Waals surface area contributed by atoms with Gasteiger partial charge in [-0.1, -0.05) is 0 Å². The van der Waals surface area contributed by atoms with Gasteiger partial charge in [-0.05, 0) is 13.8 Å². The van der Waals surface area contributed by atoms with E-state index in [2.05, 4.69) is 6.92 Å². The molecular weight excluding hydrogens is 180 g/mol. The van der Waals surface area contributed by atoms with Crippen molar-refractivity contribution < 1.29 is 9.59 Å². The fourth-order valence-corrected chi connectivity index (χ4v) is 1.96. The second-order valence-electron chi connectivity index (χ2n) is 3.72. The van der Waals surface area contributed by atoms with Crippen molar-refractivity contribution in [3.63, 3.8) is 0 Å². The molecule has 1 amide bonds. The van der Waals surface area contributed by atoms with Gasteiger partial charge in [0.1, 0.15) is 6.29 Å². The first-order chi connectivity index (χ1) is 6.69. The van der Waals surface area contributed by atoms with Crippen molar-refractivity contribution in [3.05, 3.63) is 0 Å². The van der Waals surface area contributed by atoms with Crippen molar-refractivity contribution >= 4 is 12.2 Å². The van der Waals surface area contributed by atoms with Crippen LogP contribution in [0.4, 0.5) is 0 Å². The Morgan fingerprint density at radius 2 is 2.29 bits per heavy atom. The van der Waals surface area contributed by atoms with Crippen molar-refractivity contribution in [2.24, 2.45) is 0 Å². The zero-order valence-corrected chi connectivity index (χ0v) is 8.90. The summed E-state index contributed by atoms with van der Waals surface area (Å²) >= 11 is 0. The van der Waals surface area contributed by atoms with Crippen LogP contribution in [0.5, 0.6) is 0 Å². The Morgan fingerprint density at radius 1 is 1.57 bits per heavy atom. The number of carbonyl (C=O) groups is 2. The van der Waals surface area contributed by atoms with Gasteiger partial charge < -0.3 is 9.69 Å². The van der Waals surface area contributed by atoms with E-state index in [1.165, 1.54) is 0 Å². The van der Waals surface area contributed by atoms with Gasteiger partial charge in [-0.2, -0.15) is 0 Å². The van der Waals surface area contributed by atoms with E-state index in [-0.39, 0.29) is 11.9 Å². The number of piperazine rings is 1. The van der Waals surface area contributed by atoms with E-state index in [0.717, 1.165) is 19.4 Å². The first-order valence-corrected chi connectivity index (χ1v) is 5.14. The summed E-state index contributed by atoms with van der Waals surface area (Å²) in [4.78, 5) is 25.7. The molecule has 4 nitrogen and oxygen atoms in total. The van der Waals surface area contributed by atoms with Crippen LogP contribution in [-0.4, -0.2) is 54.2 Å². The fraction of sp³-hybridized carbons (Fsp3) is 0.800. The molecule has 0 bridgehead atoms. The van der Waals surface area contributed by atoms with E-state index in [9.17, 15) is 9.59 Å². The number of rotatable bonds is 4. The molecule has 1 fully saturated rings. The molecule has 80 valence electrons. The molecule has 1 atom stereocenters. The average Bonchev–Trinajstić information content (AvgIpc) is 2.14. The monoisotopic (exact) mass is 198 g/mol. The minimum Gasteiger partial charge on any atom is -0.338 e. The van der Waals surface area contributed by atoms with Crippen LogP contribution >= 0.6 is 0 Å². The molecule has 14 heavy (non-hydrogen) atoms. The Balaban J connectivity index is 2.47. The molecule has 0 aromatic heterocycles. The maximum atomic E-state index is 11.6. The van der Waals surface area contributed by atoms with Crippen LogP contribution in [0.2, 0.25) is 0 Å². The lowest BCUT2D eigenvalue weighted by Crippen LogP contribution is -2.55. The van der Waals surface area contributed by atoms with Gasteiger partial charge in [-0.3, -0.25) is 9.69 Å². The third-order valence-corrected chi connectivity index (χ3v) is 2.64. The summed E-state index contributed by atoms with van der Waals surface area (Å²) in [6, 6.07) is 0.271. The topological polar surface area (TPSA) is 40.6 Å². The molecule has 0 aromatic rings. The predicted octanol–water partition coefficient (Wildman–Crippen LogP) is 0.128. The maximum Gasteiger partial charge on any atom is 0.237 e. The Hall–Kier alpha value is -0.900. The summed E-state index contributed by atoms with van der Waals surface area (Å²) in [5.74, 6) is 0.178. The first kappa shape index (κ1) is 11.2. The number of hydrogen-bond acceptors (Lipinski definition) is 3. The second-order valence-corrected chi connectivity index (χ2v) is 3.72. The number of carbonyl (C=O) groups excluding carboxylic acids is 2. The van der Waals surface area contributed by atoms with E-state index in [4.69, 9.17) is 0 Å². The Bertz CT molecular complexity index is 218. The highest BCUT2D eigenvalue weighted by molar-refractivity contribution is 5.79. The van der Waals surface area contributed by atoms with Gasteiger partial charge in [0.05, 0.1) is 6.54 Å². The summed E-state index contributed by atoms with van der Waals surface area (Å²) in [6.45, 7) is 6.88. The highest BCUT2D eigenvalue weighted by Crippen LogP contribution is 2.10. The molecule has 4 heteroatoms. The summed E-state index contributed by atoms with van der Waals surface area (Å²) < 4.78 is 0. The van der Waals surface area contributed by atoms with Crippen LogP contribution in [0.1, 0.15) is 20.3 Å². The lowest BCUT2D eigenvalue weighted by molar-refractivity contribution is -0.139. The highest BCUT2D eigenvalue weighted by Gasteiger charge is 2.27. The molecular formula is C10H18N2O2. The van der Waals surface area contributed by atoms with E-state index >= 15 is 0 Å². The quantitative estimate of drug-likeness (QED) is 0.603. The van der Waals surface area contributed by atoms with Crippen LogP contribution in [0.3, 0.4) is 0 Å². The molecule has 0 saturated carbocycles. The van der Waals surface area contributed by atoms with E-state index in [1.807, 2.05) is 16.7 Å². The minimum atomic E-state index is 0.178. The third-order valence-electron chi connectivity index (χ3n) is 2.64. The second kappa shape index (κ2) is 5.10. The molecule has 0 spiro atoms. The van der Waals surface area contributed by atoms with Crippen LogP contribution < -0.4 is 0 Å². The standard InChI is InChI=1S/C10H18N2O2/c1-3-12-9(2)7-11(5-4-6-13)8-10(12)14/h6,9H,3-5,7-8H2,1-2H3. The zero-order valence-electron chi connectivity index (χ0n) is 8.90. The Kier molecular flexibility index (Phi) is 4.07. The average molecular weight is 198 g/mol. The number of aldehydes is 1. The molecule has 1 unspecified atom stereocenters. The maximum absolute atomic E-state index is 11.6. The van der Waals surface area contributed by atoms with Crippen LogP contribution in [0.15, 0.2) is 0 Å². The number of amides is 1. The van der Waals surface area contributed by atoms with Gasteiger partial charge in [-0.25, -0.2) is 0 Å². The van der Waals surface area contributed by atoms with E-state index in [0.29, 0.717) is 19.5 Å². The highest BCUT2D eigenvalue weighted by atomic mass is 16.2. The van der Waals surface area contributed by atoms with Gasteiger partial charge in [0.2, 0.25) is 5.91 Å². The van der Waals surface area contributed by atoms with Crippen LogP contribution in [0, 0.1) is 0 Å². The number of hydrogen-bond donors (Lipinski definition) is 0. The molecule has 0 N–H and O–H groups in total. The zero-order chi connectivity index (χ0) is 10.6. The first-order valence-electron chi connectivity index (χ1n) is 5.14. The summed E-state index contributed by atoms with van der Waals surface area (Å²) in [5.41, 5.74) is 0. The van der Waals surface area contributed by atoms with E-state index < -0.39 is 0 Å². The number of likely N-dealkylation sites (N-methyl/N-ethyl adjacent to an activating group) is 1. The summed E-state index contributed by atoms with van der Waals surface area (Å²) in [7, 11) is 0. The van der Waals surface area contributed by atoms with Crippen molar-refractivity contribution in [1.82, 2.24) is 9.80 Å². The van der Waals surface area contributed by atoms with Gasteiger partial charge in [0.25, 0.3) is 0 Å². The smallest absolute Gasteiger partial charge is 0.237 e. The van der Waals surface area contributed by atoms with Crippen molar-refractivity contribution in [3.8, 4) is 0 Å². The van der Waals surface area contributed by atoms with Gasteiger partial charge in [0.15, 0.2) is 0 Å². The lowest BCUT2D eigenvalue weighted by Gasteiger charge is -2.38. The van der Waals surface area contributed by atoms with Gasteiger partial charge in [0, 0.05) is 32.1 Å². The summed E-state index contributed by atoms with van der Waals surface area (Å²) in [6.07, 6.45) is 1.42.